The fourth-order valence-corrected chi connectivity index (χ4v) is 1.71. The molecule has 0 atom stereocenters. The largest absolute Gasteiger partial charge is 0.465 e. The molecule has 0 saturated heterocycles. The Kier molecular flexibility index (Phi) is 4.35. The van der Waals surface area contributed by atoms with Crippen LogP contribution in [0.1, 0.15) is 5.56 Å². The molecule has 0 bridgehead atoms. The fraction of sp³-hybridized carbons (Fsp3) is 0.100. The van der Waals surface area contributed by atoms with Crippen LogP contribution in [0.25, 0.3) is 4.48 Å². The van der Waals surface area contributed by atoms with Gasteiger partial charge in [-0.05, 0) is 37.4 Å². The first-order valence-corrected chi connectivity index (χ1v) is 5.44. The molecule has 14 heavy (non-hydrogen) atoms. The van der Waals surface area contributed by atoms with Gasteiger partial charge in [-0.3, -0.25) is 0 Å². The van der Waals surface area contributed by atoms with Gasteiger partial charge >= 0.3 is 5.97 Å². The average molecular weight is 320 g/mol. The summed E-state index contributed by atoms with van der Waals surface area (Å²) in [4.78, 5) is 11.2. The van der Waals surface area contributed by atoms with E-state index in [1.54, 1.807) is 0 Å². The number of carbonyl (C=O) groups is 1. The molecule has 0 heterocycles. The number of ether oxygens (including phenoxy) is 1. The lowest BCUT2D eigenvalue weighted by molar-refractivity contribution is -0.135. The van der Waals surface area contributed by atoms with Gasteiger partial charge in [-0.15, -0.1) is 0 Å². The number of rotatable bonds is 2. The maximum absolute atomic E-state index is 11.2. The number of hydrogen-bond acceptors (Lipinski definition) is 2. The van der Waals surface area contributed by atoms with Crippen LogP contribution in [0, 0.1) is 0 Å². The molecule has 0 aromatic heterocycles. The highest BCUT2D eigenvalue weighted by molar-refractivity contribution is 9.16. The summed E-state index contributed by atoms with van der Waals surface area (Å²) in [6.07, 6.45) is 0. The zero-order valence-electron chi connectivity index (χ0n) is 7.46. The summed E-state index contributed by atoms with van der Waals surface area (Å²) in [5.41, 5.74) is 0.921. The molecular weight excluding hydrogens is 312 g/mol. The van der Waals surface area contributed by atoms with Crippen molar-refractivity contribution >= 4 is 42.3 Å². The van der Waals surface area contributed by atoms with E-state index in [1.807, 2.05) is 30.3 Å². The lowest BCUT2D eigenvalue weighted by atomic mass is 10.2. The molecule has 74 valence electrons. The van der Waals surface area contributed by atoms with Crippen LogP contribution in [0.3, 0.4) is 0 Å². The normalized spacial score (nSPS) is 11.9. The molecule has 4 heteroatoms. The second-order valence-electron chi connectivity index (χ2n) is 2.49. The maximum Gasteiger partial charge on any atom is 0.346 e. The van der Waals surface area contributed by atoms with E-state index in [4.69, 9.17) is 0 Å². The Morgan fingerprint density at radius 2 is 1.79 bits per heavy atom. The SMILES string of the molecule is COC(=O)C(Br)=C(Br)c1ccccc1. The number of halogens is 2. The van der Waals surface area contributed by atoms with Crippen molar-refractivity contribution in [3.8, 4) is 0 Å². The van der Waals surface area contributed by atoms with Crippen LogP contribution in [0.4, 0.5) is 0 Å². The highest BCUT2D eigenvalue weighted by atomic mass is 79.9. The Morgan fingerprint density at radius 3 is 2.29 bits per heavy atom. The predicted octanol–water partition coefficient (Wildman–Crippen LogP) is 3.32. The zero-order chi connectivity index (χ0) is 10.6. The maximum atomic E-state index is 11.2. The van der Waals surface area contributed by atoms with Gasteiger partial charge in [0.25, 0.3) is 0 Å². The van der Waals surface area contributed by atoms with Crippen molar-refractivity contribution < 1.29 is 9.53 Å². The molecule has 0 aliphatic heterocycles. The summed E-state index contributed by atoms with van der Waals surface area (Å²) in [7, 11) is 1.34. The minimum absolute atomic E-state index is 0.381. The van der Waals surface area contributed by atoms with Crippen molar-refractivity contribution in [3.63, 3.8) is 0 Å². The third-order valence-corrected chi connectivity index (χ3v) is 3.69. The van der Waals surface area contributed by atoms with Gasteiger partial charge in [-0.2, -0.15) is 0 Å². The Labute approximate surface area is 99.2 Å². The van der Waals surface area contributed by atoms with E-state index in [-0.39, 0.29) is 0 Å². The Balaban J connectivity index is 3.05. The van der Waals surface area contributed by atoms with Gasteiger partial charge in [0, 0.05) is 4.48 Å². The molecule has 0 radical (unpaired) electrons. The standard InChI is InChI=1S/C10H8Br2O2/c1-14-10(13)9(12)8(11)7-5-3-2-4-6-7/h2-6H,1H3. The summed E-state index contributed by atoms with van der Waals surface area (Å²) in [6, 6.07) is 9.50. The summed E-state index contributed by atoms with van der Waals surface area (Å²) in [6.45, 7) is 0. The predicted molar refractivity (Wildman–Crippen MR) is 63.2 cm³/mol. The van der Waals surface area contributed by atoms with Crippen LogP contribution in [0.5, 0.6) is 0 Å². The van der Waals surface area contributed by atoms with Gasteiger partial charge in [0.05, 0.1) is 7.11 Å². The van der Waals surface area contributed by atoms with Crippen LogP contribution in [0.15, 0.2) is 34.8 Å². The van der Waals surface area contributed by atoms with Crippen LogP contribution in [-0.4, -0.2) is 13.1 Å². The highest BCUT2D eigenvalue weighted by Crippen LogP contribution is 2.28. The van der Waals surface area contributed by atoms with Crippen molar-refractivity contribution in [3.05, 3.63) is 40.4 Å². The average Bonchev–Trinajstić information content (AvgIpc) is 2.27. The molecule has 1 aromatic rings. The smallest absolute Gasteiger partial charge is 0.346 e. The Hall–Kier alpha value is -0.610. The third-order valence-electron chi connectivity index (χ3n) is 1.58. The molecule has 0 aliphatic rings. The lowest BCUT2D eigenvalue weighted by Crippen LogP contribution is -2.00. The first-order valence-electron chi connectivity index (χ1n) is 3.86. The zero-order valence-corrected chi connectivity index (χ0v) is 10.6. The van der Waals surface area contributed by atoms with Gasteiger partial charge in [0.1, 0.15) is 4.48 Å². The topological polar surface area (TPSA) is 26.3 Å². The molecule has 0 saturated carbocycles. The monoisotopic (exact) mass is 318 g/mol. The van der Waals surface area contributed by atoms with Gasteiger partial charge in [-0.1, -0.05) is 30.3 Å². The van der Waals surface area contributed by atoms with Crippen LogP contribution < -0.4 is 0 Å². The molecule has 0 fully saturated rings. The second kappa shape index (κ2) is 5.32. The van der Waals surface area contributed by atoms with Crippen molar-refractivity contribution in [2.75, 3.05) is 7.11 Å². The van der Waals surface area contributed by atoms with E-state index in [1.165, 1.54) is 7.11 Å². The van der Waals surface area contributed by atoms with Gasteiger partial charge in [0.15, 0.2) is 0 Å². The van der Waals surface area contributed by atoms with Crippen LogP contribution in [0.2, 0.25) is 0 Å². The number of hydrogen-bond donors (Lipinski definition) is 0. The van der Waals surface area contributed by atoms with Crippen molar-refractivity contribution in [2.45, 2.75) is 0 Å². The van der Waals surface area contributed by atoms with Crippen LogP contribution >= 0.6 is 31.9 Å². The first-order chi connectivity index (χ1) is 6.66. The minimum atomic E-state index is -0.402. The van der Waals surface area contributed by atoms with E-state index >= 15 is 0 Å². The lowest BCUT2D eigenvalue weighted by Gasteiger charge is -2.02. The quantitative estimate of drug-likeness (QED) is 0.617. The second-order valence-corrected chi connectivity index (χ2v) is 4.07. The van der Waals surface area contributed by atoms with Gasteiger partial charge in [0.2, 0.25) is 0 Å². The van der Waals surface area contributed by atoms with Gasteiger partial charge in [-0.25, -0.2) is 4.79 Å². The molecular formula is C10H8Br2O2. The first kappa shape index (κ1) is 11.5. The molecule has 0 amide bonds. The molecule has 0 unspecified atom stereocenters. The van der Waals surface area contributed by atoms with E-state index in [0.717, 1.165) is 5.56 Å². The van der Waals surface area contributed by atoms with Crippen molar-refractivity contribution in [1.82, 2.24) is 0 Å². The molecule has 2 nitrogen and oxygen atoms in total. The summed E-state index contributed by atoms with van der Waals surface area (Å²) >= 11 is 6.49. The third kappa shape index (κ3) is 2.69. The number of benzene rings is 1. The van der Waals surface area contributed by atoms with Crippen molar-refractivity contribution in [1.29, 1.82) is 0 Å². The summed E-state index contributed by atoms with van der Waals surface area (Å²) in [5, 5.41) is 0. The number of carbonyl (C=O) groups excluding carboxylic acids is 1. The van der Waals surface area contributed by atoms with E-state index in [0.29, 0.717) is 8.96 Å². The highest BCUT2D eigenvalue weighted by Gasteiger charge is 2.11. The number of methoxy groups -OCH3 is 1. The minimum Gasteiger partial charge on any atom is -0.465 e. The van der Waals surface area contributed by atoms with E-state index in [2.05, 4.69) is 36.6 Å². The Morgan fingerprint density at radius 1 is 1.21 bits per heavy atom. The van der Waals surface area contributed by atoms with Crippen molar-refractivity contribution in [2.24, 2.45) is 0 Å². The van der Waals surface area contributed by atoms with Gasteiger partial charge < -0.3 is 4.74 Å². The molecule has 0 aliphatic carbocycles. The molecule has 1 rings (SSSR count). The molecule has 0 N–H and O–H groups in total. The van der Waals surface area contributed by atoms with E-state index < -0.39 is 5.97 Å². The summed E-state index contributed by atoms with van der Waals surface area (Å²) < 4.78 is 5.65. The molecule has 0 spiro atoms. The Bertz CT molecular complexity index is 358. The van der Waals surface area contributed by atoms with E-state index in [9.17, 15) is 4.79 Å². The summed E-state index contributed by atoms with van der Waals surface area (Å²) in [5.74, 6) is -0.402. The number of esters is 1. The fourth-order valence-electron chi connectivity index (χ4n) is 0.890. The van der Waals surface area contributed by atoms with Crippen LogP contribution in [-0.2, 0) is 9.53 Å². The molecule has 1 aromatic carbocycles.